The minimum Gasteiger partial charge on any atom is -0.368 e. The fourth-order valence-corrected chi connectivity index (χ4v) is 2.48. The van der Waals surface area contributed by atoms with Gasteiger partial charge < -0.3 is 20.4 Å². The van der Waals surface area contributed by atoms with E-state index in [2.05, 4.69) is 15.6 Å². The van der Waals surface area contributed by atoms with Gasteiger partial charge in [0.1, 0.15) is 6.61 Å². The van der Waals surface area contributed by atoms with E-state index in [0.29, 0.717) is 0 Å². The minimum absolute atomic E-state index is 0.0987. The Kier molecular flexibility index (Phi) is 3.99. The number of hydrogen-bond donors (Lipinski definition) is 3. The maximum atomic E-state index is 11.9. The minimum atomic E-state index is -0.0987. The summed E-state index contributed by atoms with van der Waals surface area (Å²) >= 11 is 0. The molecule has 2 heterocycles. The van der Waals surface area contributed by atoms with Crippen molar-refractivity contribution in [2.75, 3.05) is 25.0 Å². The highest BCUT2D eigenvalue weighted by Gasteiger charge is 2.14. The number of carbonyl (C=O) groups excluding carboxylic acids is 1. The molecule has 1 fully saturated rings. The fraction of sp³-hybridized carbons (Fsp3) is 0.400. The number of H-pyrrole nitrogens is 1. The fourth-order valence-electron chi connectivity index (χ4n) is 2.48. The van der Waals surface area contributed by atoms with Crippen LogP contribution in [0.4, 0.5) is 5.69 Å². The maximum absolute atomic E-state index is 11.9. The molecular formula is C15H19N3O2. The second kappa shape index (κ2) is 6.07. The second-order valence-corrected chi connectivity index (χ2v) is 5.09. The Hall–Kier alpha value is -1.85. The number of anilines is 1. The number of rotatable bonds is 4. The van der Waals surface area contributed by atoms with E-state index in [0.717, 1.165) is 42.5 Å². The number of carbonyl (C=O) groups is 1. The Labute approximate surface area is 117 Å². The van der Waals surface area contributed by atoms with Crippen molar-refractivity contribution in [3.8, 4) is 0 Å². The van der Waals surface area contributed by atoms with E-state index in [-0.39, 0.29) is 18.6 Å². The van der Waals surface area contributed by atoms with Gasteiger partial charge in [0, 0.05) is 22.8 Å². The van der Waals surface area contributed by atoms with Gasteiger partial charge in [0.25, 0.3) is 0 Å². The van der Waals surface area contributed by atoms with Gasteiger partial charge >= 0.3 is 0 Å². The number of amides is 1. The third kappa shape index (κ3) is 3.18. The van der Waals surface area contributed by atoms with Crippen LogP contribution in [0.15, 0.2) is 30.5 Å². The van der Waals surface area contributed by atoms with Crippen molar-refractivity contribution in [1.29, 1.82) is 0 Å². The van der Waals surface area contributed by atoms with Gasteiger partial charge in [-0.25, -0.2) is 0 Å². The van der Waals surface area contributed by atoms with Crippen LogP contribution in [0.2, 0.25) is 0 Å². The lowest BCUT2D eigenvalue weighted by Gasteiger charge is -2.22. The Balaban J connectivity index is 1.52. The zero-order valence-electron chi connectivity index (χ0n) is 11.3. The van der Waals surface area contributed by atoms with Crippen molar-refractivity contribution in [2.24, 2.45) is 0 Å². The van der Waals surface area contributed by atoms with Gasteiger partial charge in [-0.1, -0.05) is 0 Å². The molecule has 3 rings (SSSR count). The predicted octanol–water partition coefficient (Wildman–Crippen LogP) is 1.87. The van der Waals surface area contributed by atoms with Gasteiger partial charge in [0.2, 0.25) is 5.91 Å². The molecule has 5 heteroatoms. The first-order valence-corrected chi connectivity index (χ1v) is 7.00. The molecule has 1 aromatic carbocycles. The molecule has 0 atom stereocenters. The number of benzene rings is 1. The van der Waals surface area contributed by atoms with E-state index in [1.807, 2.05) is 30.5 Å². The summed E-state index contributed by atoms with van der Waals surface area (Å²) in [4.78, 5) is 15.0. The molecule has 0 radical (unpaired) electrons. The maximum Gasteiger partial charge on any atom is 0.250 e. The molecule has 0 unspecified atom stereocenters. The van der Waals surface area contributed by atoms with Crippen LogP contribution in [-0.4, -0.2) is 36.7 Å². The molecule has 0 aliphatic carbocycles. The first kappa shape index (κ1) is 13.1. The van der Waals surface area contributed by atoms with Crippen LogP contribution in [0.1, 0.15) is 12.8 Å². The van der Waals surface area contributed by atoms with Gasteiger partial charge in [-0.05, 0) is 50.2 Å². The number of aromatic amines is 1. The number of nitrogens with one attached hydrogen (secondary N) is 3. The van der Waals surface area contributed by atoms with Crippen LogP contribution in [-0.2, 0) is 9.53 Å². The number of fused-ring (bicyclic) bond motifs is 1. The van der Waals surface area contributed by atoms with Crippen molar-refractivity contribution in [3.05, 3.63) is 30.5 Å². The molecule has 5 nitrogen and oxygen atoms in total. The SMILES string of the molecule is O=C(COC1CCNCC1)Nc1ccc2[nH]ccc2c1. The molecule has 20 heavy (non-hydrogen) atoms. The lowest BCUT2D eigenvalue weighted by Crippen LogP contribution is -2.34. The molecule has 3 N–H and O–H groups in total. The van der Waals surface area contributed by atoms with E-state index in [9.17, 15) is 4.79 Å². The van der Waals surface area contributed by atoms with Crippen LogP contribution in [0.5, 0.6) is 0 Å². The summed E-state index contributed by atoms with van der Waals surface area (Å²) in [6, 6.07) is 7.78. The number of ether oxygens (including phenoxy) is 1. The quantitative estimate of drug-likeness (QED) is 0.797. The summed E-state index contributed by atoms with van der Waals surface area (Å²) in [5.74, 6) is -0.0987. The highest BCUT2D eigenvalue weighted by Crippen LogP contribution is 2.17. The zero-order valence-corrected chi connectivity index (χ0v) is 11.3. The number of piperidine rings is 1. The number of aromatic nitrogens is 1. The molecule has 0 saturated carbocycles. The third-order valence-corrected chi connectivity index (χ3v) is 3.57. The average Bonchev–Trinajstić information content (AvgIpc) is 2.94. The highest BCUT2D eigenvalue weighted by molar-refractivity contribution is 5.94. The summed E-state index contributed by atoms with van der Waals surface area (Å²) in [5, 5.41) is 7.23. The Morgan fingerprint density at radius 2 is 2.15 bits per heavy atom. The first-order chi connectivity index (χ1) is 9.81. The summed E-state index contributed by atoms with van der Waals surface area (Å²) < 4.78 is 5.63. The van der Waals surface area contributed by atoms with Crippen molar-refractivity contribution < 1.29 is 9.53 Å². The van der Waals surface area contributed by atoms with Crippen LogP contribution in [0, 0.1) is 0 Å². The summed E-state index contributed by atoms with van der Waals surface area (Å²) in [5.41, 5.74) is 1.87. The van der Waals surface area contributed by atoms with Crippen LogP contribution < -0.4 is 10.6 Å². The van der Waals surface area contributed by atoms with Crippen molar-refractivity contribution >= 4 is 22.5 Å². The summed E-state index contributed by atoms with van der Waals surface area (Å²) in [6.07, 6.45) is 4.04. The summed E-state index contributed by atoms with van der Waals surface area (Å²) in [6.45, 7) is 2.06. The lowest BCUT2D eigenvalue weighted by molar-refractivity contribution is -0.123. The smallest absolute Gasteiger partial charge is 0.250 e. The molecule has 0 bridgehead atoms. The lowest BCUT2D eigenvalue weighted by atomic mass is 10.1. The van der Waals surface area contributed by atoms with Crippen LogP contribution in [0.3, 0.4) is 0 Å². The highest BCUT2D eigenvalue weighted by atomic mass is 16.5. The zero-order chi connectivity index (χ0) is 13.8. The normalized spacial score (nSPS) is 16.4. The molecular weight excluding hydrogens is 254 g/mol. The van der Waals surface area contributed by atoms with Crippen LogP contribution in [0.25, 0.3) is 10.9 Å². The number of hydrogen-bond acceptors (Lipinski definition) is 3. The van der Waals surface area contributed by atoms with E-state index in [1.54, 1.807) is 0 Å². The standard InChI is InChI=1S/C15H19N3O2/c19-15(10-20-13-4-6-16-7-5-13)18-12-1-2-14-11(9-12)3-8-17-14/h1-3,8-9,13,16-17H,4-7,10H2,(H,18,19). The molecule has 1 aromatic heterocycles. The second-order valence-electron chi connectivity index (χ2n) is 5.09. The van der Waals surface area contributed by atoms with Crippen molar-refractivity contribution in [2.45, 2.75) is 18.9 Å². The van der Waals surface area contributed by atoms with E-state index in [1.165, 1.54) is 0 Å². The molecule has 0 spiro atoms. The Morgan fingerprint density at radius 3 is 3.00 bits per heavy atom. The van der Waals surface area contributed by atoms with Gasteiger partial charge in [-0.2, -0.15) is 0 Å². The third-order valence-electron chi connectivity index (χ3n) is 3.57. The molecule has 1 saturated heterocycles. The first-order valence-electron chi connectivity index (χ1n) is 7.00. The van der Waals surface area contributed by atoms with Crippen molar-refractivity contribution in [1.82, 2.24) is 10.3 Å². The molecule has 1 amide bonds. The van der Waals surface area contributed by atoms with E-state index >= 15 is 0 Å². The predicted molar refractivity (Wildman–Crippen MR) is 78.8 cm³/mol. The van der Waals surface area contributed by atoms with Gasteiger partial charge in [0.05, 0.1) is 6.10 Å². The topological polar surface area (TPSA) is 66.2 Å². The van der Waals surface area contributed by atoms with Gasteiger partial charge in [-0.3, -0.25) is 4.79 Å². The van der Waals surface area contributed by atoms with Crippen LogP contribution >= 0.6 is 0 Å². The van der Waals surface area contributed by atoms with Crippen molar-refractivity contribution in [3.63, 3.8) is 0 Å². The largest absolute Gasteiger partial charge is 0.368 e. The summed E-state index contributed by atoms with van der Waals surface area (Å²) in [7, 11) is 0. The Morgan fingerprint density at radius 1 is 1.30 bits per heavy atom. The average molecular weight is 273 g/mol. The van der Waals surface area contributed by atoms with Gasteiger partial charge in [-0.15, -0.1) is 0 Å². The monoisotopic (exact) mass is 273 g/mol. The molecule has 1 aliphatic heterocycles. The molecule has 1 aliphatic rings. The molecule has 106 valence electrons. The van der Waals surface area contributed by atoms with E-state index in [4.69, 9.17) is 4.74 Å². The Bertz CT molecular complexity index is 588. The van der Waals surface area contributed by atoms with Gasteiger partial charge in [0.15, 0.2) is 0 Å². The van der Waals surface area contributed by atoms with E-state index < -0.39 is 0 Å². The molecule has 2 aromatic rings.